The van der Waals surface area contributed by atoms with Crippen molar-refractivity contribution in [3.8, 4) is 0 Å². The number of halogens is 1. The lowest BCUT2D eigenvalue weighted by atomic mass is 10.1. The smallest absolute Gasteiger partial charge is 0.301 e. The van der Waals surface area contributed by atoms with Gasteiger partial charge < -0.3 is 5.73 Å². The van der Waals surface area contributed by atoms with Crippen molar-refractivity contribution in [2.24, 2.45) is 5.73 Å². The molecule has 2 rings (SSSR count). The van der Waals surface area contributed by atoms with Crippen molar-refractivity contribution in [2.75, 3.05) is 17.8 Å². The molecule has 0 amide bonds. The highest BCUT2D eigenvalue weighted by Gasteiger charge is 2.31. The van der Waals surface area contributed by atoms with E-state index in [-0.39, 0.29) is 11.7 Å². The van der Waals surface area contributed by atoms with Crippen LogP contribution >= 0.6 is 0 Å². The molecule has 20 heavy (non-hydrogen) atoms. The summed E-state index contributed by atoms with van der Waals surface area (Å²) in [5.41, 5.74) is 6.34. The monoisotopic (exact) mass is 301 g/mol. The van der Waals surface area contributed by atoms with E-state index in [2.05, 4.69) is 4.72 Å². The van der Waals surface area contributed by atoms with Crippen molar-refractivity contribution in [2.45, 2.75) is 32.2 Å². The number of hydrogen-bond acceptors (Lipinski definition) is 3. The van der Waals surface area contributed by atoms with Crippen LogP contribution in [0.25, 0.3) is 0 Å². The Morgan fingerprint density at radius 2 is 2.20 bits per heavy atom. The molecule has 0 radical (unpaired) electrons. The van der Waals surface area contributed by atoms with E-state index >= 15 is 0 Å². The number of hydrogen-bond donors (Lipinski definition) is 2. The summed E-state index contributed by atoms with van der Waals surface area (Å²) < 4.78 is 42.0. The Kier molecular flexibility index (Phi) is 4.62. The number of anilines is 1. The van der Waals surface area contributed by atoms with Crippen molar-refractivity contribution in [1.82, 2.24) is 4.31 Å². The molecule has 1 aliphatic heterocycles. The van der Waals surface area contributed by atoms with Gasteiger partial charge in [0.2, 0.25) is 0 Å². The van der Waals surface area contributed by atoms with Crippen LogP contribution in [0.1, 0.15) is 24.8 Å². The fourth-order valence-corrected chi connectivity index (χ4v) is 3.89. The second-order valence-electron chi connectivity index (χ2n) is 5.07. The van der Waals surface area contributed by atoms with Crippen LogP contribution in [0.5, 0.6) is 0 Å². The fraction of sp³-hybridized carbons (Fsp3) is 0.538. The molecule has 1 aliphatic rings. The predicted octanol–water partition coefficient (Wildman–Crippen LogP) is 1.60. The average Bonchev–Trinajstić information content (AvgIpc) is 2.42. The summed E-state index contributed by atoms with van der Waals surface area (Å²) in [7, 11) is -3.69. The van der Waals surface area contributed by atoms with E-state index in [1.54, 1.807) is 19.1 Å². The van der Waals surface area contributed by atoms with E-state index in [9.17, 15) is 12.8 Å². The largest absolute Gasteiger partial charge is 0.329 e. The minimum absolute atomic E-state index is 0.184. The van der Waals surface area contributed by atoms with Crippen LogP contribution in [-0.2, 0) is 10.2 Å². The van der Waals surface area contributed by atoms with Crippen LogP contribution in [0, 0.1) is 12.7 Å². The molecule has 5 nitrogen and oxygen atoms in total. The van der Waals surface area contributed by atoms with Gasteiger partial charge in [0.15, 0.2) is 0 Å². The van der Waals surface area contributed by atoms with E-state index in [0.29, 0.717) is 18.7 Å². The van der Waals surface area contributed by atoms with Crippen LogP contribution in [0.15, 0.2) is 18.2 Å². The number of piperidine rings is 1. The summed E-state index contributed by atoms with van der Waals surface area (Å²) in [5, 5.41) is 0. The predicted molar refractivity (Wildman–Crippen MR) is 77.1 cm³/mol. The summed E-state index contributed by atoms with van der Waals surface area (Å²) in [6.45, 7) is 2.37. The van der Waals surface area contributed by atoms with Gasteiger partial charge in [0.1, 0.15) is 5.82 Å². The highest BCUT2D eigenvalue weighted by atomic mass is 32.2. The van der Waals surface area contributed by atoms with Crippen LogP contribution < -0.4 is 10.5 Å². The molecule has 0 aromatic heterocycles. The van der Waals surface area contributed by atoms with Gasteiger partial charge in [0, 0.05) is 19.1 Å². The van der Waals surface area contributed by atoms with Crippen LogP contribution in [0.3, 0.4) is 0 Å². The topological polar surface area (TPSA) is 75.4 Å². The van der Waals surface area contributed by atoms with Crippen molar-refractivity contribution in [3.63, 3.8) is 0 Å². The first-order valence-electron chi connectivity index (χ1n) is 6.70. The number of rotatable bonds is 4. The zero-order valence-electron chi connectivity index (χ0n) is 11.5. The summed E-state index contributed by atoms with van der Waals surface area (Å²) in [5.74, 6) is -0.431. The van der Waals surface area contributed by atoms with E-state index in [4.69, 9.17) is 5.73 Å². The first-order valence-corrected chi connectivity index (χ1v) is 8.14. The standard InChI is InChI=1S/C13H20FN3O2S/c1-10-5-6-11(8-13(10)14)16-20(18,19)17-7-3-2-4-12(17)9-15/h5-6,8,12,16H,2-4,7,9,15H2,1H3. The highest BCUT2D eigenvalue weighted by Crippen LogP contribution is 2.22. The van der Waals surface area contributed by atoms with Crippen LogP contribution in [-0.4, -0.2) is 31.9 Å². The van der Waals surface area contributed by atoms with E-state index < -0.39 is 16.0 Å². The Labute approximate surface area is 119 Å². The average molecular weight is 301 g/mol. The van der Waals surface area contributed by atoms with Gasteiger partial charge in [-0.2, -0.15) is 12.7 Å². The Morgan fingerprint density at radius 3 is 2.85 bits per heavy atom. The molecule has 1 unspecified atom stereocenters. The molecule has 112 valence electrons. The quantitative estimate of drug-likeness (QED) is 0.887. The lowest BCUT2D eigenvalue weighted by Crippen LogP contribution is -2.49. The maximum atomic E-state index is 13.5. The van der Waals surface area contributed by atoms with E-state index in [0.717, 1.165) is 19.3 Å². The van der Waals surface area contributed by atoms with Crippen molar-refractivity contribution in [3.05, 3.63) is 29.6 Å². The first kappa shape index (κ1) is 15.2. The number of benzene rings is 1. The van der Waals surface area contributed by atoms with Gasteiger partial charge in [-0.15, -0.1) is 0 Å². The van der Waals surface area contributed by atoms with Gasteiger partial charge >= 0.3 is 10.2 Å². The third kappa shape index (κ3) is 3.28. The second-order valence-corrected chi connectivity index (χ2v) is 6.69. The van der Waals surface area contributed by atoms with Gasteiger partial charge in [-0.3, -0.25) is 4.72 Å². The molecule has 1 fully saturated rings. The van der Waals surface area contributed by atoms with Gasteiger partial charge in [-0.25, -0.2) is 4.39 Å². The molecule has 3 N–H and O–H groups in total. The molecular formula is C13H20FN3O2S. The first-order chi connectivity index (χ1) is 9.44. The van der Waals surface area contributed by atoms with Crippen LogP contribution in [0.4, 0.5) is 10.1 Å². The molecule has 1 saturated heterocycles. The van der Waals surface area contributed by atoms with E-state index in [1.807, 2.05) is 0 Å². The van der Waals surface area contributed by atoms with Crippen molar-refractivity contribution in [1.29, 1.82) is 0 Å². The Balaban J connectivity index is 2.19. The molecule has 0 spiro atoms. The lowest BCUT2D eigenvalue weighted by molar-refractivity contribution is 0.259. The number of aryl methyl sites for hydroxylation is 1. The number of nitrogens with zero attached hydrogens (tertiary/aromatic N) is 1. The molecule has 0 saturated carbocycles. The summed E-state index contributed by atoms with van der Waals surface area (Å²) in [4.78, 5) is 0. The lowest BCUT2D eigenvalue weighted by Gasteiger charge is -2.33. The summed E-state index contributed by atoms with van der Waals surface area (Å²) in [6.07, 6.45) is 2.56. The summed E-state index contributed by atoms with van der Waals surface area (Å²) >= 11 is 0. The SMILES string of the molecule is Cc1ccc(NS(=O)(=O)N2CCCCC2CN)cc1F. The minimum Gasteiger partial charge on any atom is -0.329 e. The zero-order valence-corrected chi connectivity index (χ0v) is 12.3. The van der Waals surface area contributed by atoms with Crippen LogP contribution in [0.2, 0.25) is 0 Å². The third-order valence-electron chi connectivity index (χ3n) is 3.57. The van der Waals surface area contributed by atoms with Crippen molar-refractivity contribution >= 4 is 15.9 Å². The van der Waals surface area contributed by atoms with Gasteiger partial charge in [-0.05, 0) is 37.5 Å². The van der Waals surface area contributed by atoms with Gasteiger partial charge in [-0.1, -0.05) is 12.5 Å². The van der Waals surface area contributed by atoms with Crippen molar-refractivity contribution < 1.29 is 12.8 Å². The minimum atomic E-state index is -3.69. The number of nitrogens with two attached hydrogens (primary N) is 1. The Bertz CT molecular complexity index is 577. The molecule has 0 aliphatic carbocycles. The zero-order chi connectivity index (χ0) is 14.8. The highest BCUT2D eigenvalue weighted by molar-refractivity contribution is 7.90. The maximum absolute atomic E-state index is 13.5. The molecule has 1 atom stereocenters. The maximum Gasteiger partial charge on any atom is 0.301 e. The second kappa shape index (κ2) is 6.07. The summed E-state index contributed by atoms with van der Waals surface area (Å²) in [6, 6.07) is 4.10. The normalized spacial score (nSPS) is 20.9. The Morgan fingerprint density at radius 1 is 1.45 bits per heavy atom. The van der Waals surface area contributed by atoms with Gasteiger partial charge in [0.25, 0.3) is 0 Å². The van der Waals surface area contributed by atoms with E-state index in [1.165, 1.54) is 10.4 Å². The Hall–Kier alpha value is -1.18. The third-order valence-corrected chi connectivity index (χ3v) is 5.16. The number of nitrogens with one attached hydrogen (secondary N) is 1. The molecular weight excluding hydrogens is 281 g/mol. The van der Waals surface area contributed by atoms with Gasteiger partial charge in [0.05, 0.1) is 5.69 Å². The molecule has 1 aromatic carbocycles. The molecule has 1 aromatic rings. The fourth-order valence-electron chi connectivity index (χ4n) is 2.39. The molecule has 0 bridgehead atoms. The molecule has 1 heterocycles. The molecule has 7 heteroatoms.